The summed E-state index contributed by atoms with van der Waals surface area (Å²) in [7, 11) is -2.52. The molecule has 3 aromatic carbocycles. The zero-order valence-electron chi connectivity index (χ0n) is 18.0. The standard InChI is InChI=1S/C24H23ClN2O5S/c1-31-22-10-8-20(25)14-23(22)33(29,30)27-11-12-32-21-9-7-18(13-19(21)16-27)24(28)26-15-17-5-3-2-4-6-17/h2-10,13-14H,11-12,15-16H2,1H3,(H,26,28). The minimum Gasteiger partial charge on any atom is -0.495 e. The molecule has 0 atom stereocenters. The molecule has 0 saturated carbocycles. The number of carbonyl (C=O) groups is 1. The fourth-order valence-electron chi connectivity index (χ4n) is 3.59. The molecular weight excluding hydrogens is 464 g/mol. The van der Waals surface area contributed by atoms with Crippen LogP contribution in [0.3, 0.4) is 0 Å². The fraction of sp³-hybridized carbons (Fsp3) is 0.208. The maximum Gasteiger partial charge on any atom is 0.251 e. The minimum atomic E-state index is -3.93. The van der Waals surface area contributed by atoms with Crippen molar-refractivity contribution in [2.45, 2.75) is 18.0 Å². The second-order valence-corrected chi connectivity index (χ2v) is 9.82. The molecule has 1 N–H and O–H groups in total. The first kappa shape index (κ1) is 23.1. The lowest BCUT2D eigenvalue weighted by molar-refractivity contribution is 0.0950. The van der Waals surface area contributed by atoms with Gasteiger partial charge >= 0.3 is 0 Å². The molecule has 33 heavy (non-hydrogen) atoms. The van der Waals surface area contributed by atoms with E-state index in [4.69, 9.17) is 21.1 Å². The number of benzene rings is 3. The highest BCUT2D eigenvalue weighted by atomic mass is 35.5. The van der Waals surface area contributed by atoms with Gasteiger partial charge < -0.3 is 14.8 Å². The van der Waals surface area contributed by atoms with Crippen LogP contribution in [0.25, 0.3) is 0 Å². The van der Waals surface area contributed by atoms with Gasteiger partial charge in [0.15, 0.2) is 0 Å². The van der Waals surface area contributed by atoms with Crippen LogP contribution in [-0.4, -0.2) is 38.9 Å². The number of methoxy groups -OCH3 is 1. The Labute approximate surface area is 197 Å². The number of carbonyl (C=O) groups excluding carboxylic acids is 1. The van der Waals surface area contributed by atoms with Crippen molar-refractivity contribution in [2.75, 3.05) is 20.3 Å². The topological polar surface area (TPSA) is 84.9 Å². The molecule has 0 radical (unpaired) electrons. The van der Waals surface area contributed by atoms with Crippen LogP contribution < -0.4 is 14.8 Å². The highest BCUT2D eigenvalue weighted by Gasteiger charge is 2.31. The van der Waals surface area contributed by atoms with Gasteiger partial charge in [0, 0.05) is 35.8 Å². The van der Waals surface area contributed by atoms with Crippen LogP contribution in [-0.2, 0) is 23.1 Å². The molecule has 4 rings (SSSR count). The Morgan fingerprint density at radius 2 is 1.91 bits per heavy atom. The first-order valence-corrected chi connectivity index (χ1v) is 12.1. The van der Waals surface area contributed by atoms with Gasteiger partial charge in [-0.15, -0.1) is 0 Å². The Hall–Kier alpha value is -3.07. The van der Waals surface area contributed by atoms with E-state index in [9.17, 15) is 13.2 Å². The van der Waals surface area contributed by atoms with E-state index in [1.165, 1.54) is 23.5 Å². The first-order valence-electron chi connectivity index (χ1n) is 10.3. The molecule has 0 aliphatic carbocycles. The number of rotatable bonds is 6. The Morgan fingerprint density at radius 1 is 1.12 bits per heavy atom. The number of hydrogen-bond donors (Lipinski definition) is 1. The predicted molar refractivity (Wildman–Crippen MR) is 125 cm³/mol. The summed E-state index contributed by atoms with van der Waals surface area (Å²) in [5.41, 5.74) is 2.01. The van der Waals surface area contributed by atoms with Crippen molar-refractivity contribution in [3.63, 3.8) is 0 Å². The summed E-state index contributed by atoms with van der Waals surface area (Å²) in [5, 5.41) is 3.17. The first-order chi connectivity index (χ1) is 15.9. The van der Waals surface area contributed by atoms with E-state index in [2.05, 4.69) is 5.32 Å². The van der Waals surface area contributed by atoms with Gasteiger partial charge in [0.1, 0.15) is 23.0 Å². The minimum absolute atomic E-state index is 0.0160. The van der Waals surface area contributed by atoms with Gasteiger partial charge in [-0.2, -0.15) is 4.31 Å². The third kappa shape index (κ3) is 5.13. The SMILES string of the molecule is COc1ccc(Cl)cc1S(=O)(=O)N1CCOc2ccc(C(=O)NCc3ccccc3)cc2C1. The number of nitrogens with one attached hydrogen (secondary N) is 1. The van der Waals surface area contributed by atoms with Gasteiger partial charge in [-0.25, -0.2) is 8.42 Å². The molecule has 172 valence electrons. The molecule has 0 saturated heterocycles. The molecule has 1 heterocycles. The summed E-state index contributed by atoms with van der Waals surface area (Å²) in [6.45, 7) is 0.756. The molecule has 0 unspecified atom stereocenters. The lowest BCUT2D eigenvalue weighted by Crippen LogP contribution is -2.32. The Balaban J connectivity index is 1.58. The van der Waals surface area contributed by atoms with Gasteiger partial charge in [0.05, 0.1) is 7.11 Å². The molecule has 0 spiro atoms. The predicted octanol–water partition coefficient (Wildman–Crippen LogP) is 3.86. The van der Waals surface area contributed by atoms with Crippen molar-refractivity contribution in [2.24, 2.45) is 0 Å². The van der Waals surface area contributed by atoms with Crippen molar-refractivity contribution >= 4 is 27.5 Å². The van der Waals surface area contributed by atoms with Crippen LogP contribution >= 0.6 is 11.6 Å². The summed E-state index contributed by atoms with van der Waals surface area (Å²) in [6, 6.07) is 19.1. The molecule has 1 aliphatic rings. The zero-order chi connectivity index (χ0) is 23.4. The van der Waals surface area contributed by atoms with Crippen molar-refractivity contribution in [3.05, 3.63) is 88.4 Å². The normalized spacial score (nSPS) is 14.0. The second-order valence-electron chi connectivity index (χ2n) is 7.47. The summed E-state index contributed by atoms with van der Waals surface area (Å²) >= 11 is 6.05. The average Bonchev–Trinajstić information content (AvgIpc) is 3.05. The molecule has 0 aromatic heterocycles. The van der Waals surface area contributed by atoms with Crippen LogP contribution in [0.1, 0.15) is 21.5 Å². The Morgan fingerprint density at radius 3 is 2.67 bits per heavy atom. The fourth-order valence-corrected chi connectivity index (χ4v) is 5.41. The van der Waals surface area contributed by atoms with Crippen LogP contribution in [0.2, 0.25) is 5.02 Å². The maximum absolute atomic E-state index is 13.4. The van der Waals surface area contributed by atoms with Gasteiger partial charge in [-0.1, -0.05) is 41.9 Å². The lowest BCUT2D eigenvalue weighted by Gasteiger charge is -2.21. The number of hydrogen-bond acceptors (Lipinski definition) is 5. The molecular formula is C24H23ClN2O5S. The van der Waals surface area contributed by atoms with E-state index in [-0.39, 0.29) is 36.2 Å². The molecule has 3 aromatic rings. The number of sulfonamides is 1. The third-order valence-electron chi connectivity index (χ3n) is 5.31. The molecule has 0 fully saturated rings. The molecule has 7 nitrogen and oxygen atoms in total. The number of ether oxygens (including phenoxy) is 2. The zero-order valence-corrected chi connectivity index (χ0v) is 19.5. The van der Waals surface area contributed by atoms with Gasteiger partial charge in [0.25, 0.3) is 5.91 Å². The van der Waals surface area contributed by atoms with E-state index in [1.54, 1.807) is 24.3 Å². The molecule has 9 heteroatoms. The van der Waals surface area contributed by atoms with Crippen molar-refractivity contribution in [1.29, 1.82) is 0 Å². The molecule has 1 amide bonds. The van der Waals surface area contributed by atoms with Crippen molar-refractivity contribution in [1.82, 2.24) is 9.62 Å². The summed E-state index contributed by atoms with van der Waals surface area (Å²) < 4.78 is 39.1. The number of halogens is 1. The molecule has 0 bridgehead atoms. The Bertz CT molecular complexity index is 1270. The van der Waals surface area contributed by atoms with E-state index in [0.717, 1.165) is 5.56 Å². The largest absolute Gasteiger partial charge is 0.495 e. The average molecular weight is 487 g/mol. The monoisotopic (exact) mass is 486 g/mol. The maximum atomic E-state index is 13.4. The van der Waals surface area contributed by atoms with Crippen LogP contribution in [0.15, 0.2) is 71.6 Å². The van der Waals surface area contributed by atoms with Gasteiger partial charge in [0.2, 0.25) is 10.0 Å². The van der Waals surface area contributed by atoms with Crippen molar-refractivity contribution < 1.29 is 22.7 Å². The Kier molecular flexibility index (Phi) is 6.88. The van der Waals surface area contributed by atoms with E-state index in [0.29, 0.717) is 28.4 Å². The van der Waals surface area contributed by atoms with Crippen LogP contribution in [0, 0.1) is 0 Å². The van der Waals surface area contributed by atoms with Crippen LogP contribution in [0.4, 0.5) is 0 Å². The quantitative estimate of drug-likeness (QED) is 0.572. The van der Waals surface area contributed by atoms with Crippen LogP contribution in [0.5, 0.6) is 11.5 Å². The highest BCUT2D eigenvalue weighted by Crippen LogP contribution is 2.32. The van der Waals surface area contributed by atoms with Gasteiger partial charge in [-0.05, 0) is 42.0 Å². The number of amides is 1. The summed E-state index contributed by atoms with van der Waals surface area (Å²) in [5.74, 6) is 0.501. The van der Waals surface area contributed by atoms with E-state index in [1.807, 2.05) is 30.3 Å². The summed E-state index contributed by atoms with van der Waals surface area (Å²) in [6.07, 6.45) is 0. The lowest BCUT2D eigenvalue weighted by atomic mass is 10.1. The number of fused-ring (bicyclic) bond motifs is 1. The van der Waals surface area contributed by atoms with E-state index >= 15 is 0 Å². The number of nitrogens with zero attached hydrogens (tertiary/aromatic N) is 1. The highest BCUT2D eigenvalue weighted by molar-refractivity contribution is 7.89. The van der Waals surface area contributed by atoms with E-state index < -0.39 is 10.0 Å². The molecule has 1 aliphatic heterocycles. The second kappa shape index (κ2) is 9.82. The smallest absolute Gasteiger partial charge is 0.251 e. The van der Waals surface area contributed by atoms with Gasteiger partial charge in [-0.3, -0.25) is 4.79 Å². The van der Waals surface area contributed by atoms with Crippen molar-refractivity contribution in [3.8, 4) is 11.5 Å². The summed E-state index contributed by atoms with van der Waals surface area (Å²) in [4.78, 5) is 12.7. The third-order valence-corrected chi connectivity index (χ3v) is 7.41.